The van der Waals surface area contributed by atoms with E-state index in [9.17, 15) is 0 Å². The van der Waals surface area contributed by atoms with Gasteiger partial charge in [-0.1, -0.05) is 52.0 Å². The van der Waals surface area contributed by atoms with E-state index in [-0.39, 0.29) is 12.4 Å². The molecular weight excluding hydrogens is 338 g/mol. The zero-order valence-corrected chi connectivity index (χ0v) is 18.1. The normalized spacial score (nSPS) is 28.7. The average molecular weight is 376 g/mol. The maximum atomic E-state index is 2.74. The molecule has 0 N–H and O–H groups in total. The minimum Gasteiger partial charge on any atom is -0.302 e. The molecule has 1 heterocycles. The lowest BCUT2D eigenvalue weighted by molar-refractivity contribution is 0.0965. The smallest absolute Gasteiger partial charge is 0.00510 e. The summed E-state index contributed by atoms with van der Waals surface area (Å²) in [5, 5.41) is 0. The second kappa shape index (κ2) is 7.47. The van der Waals surface area contributed by atoms with Crippen LogP contribution in [0.4, 0.5) is 0 Å². The van der Waals surface area contributed by atoms with Crippen LogP contribution >= 0.6 is 12.4 Å². The molecule has 1 atom stereocenters. The Hall–Kier alpha value is -0.530. The largest absolute Gasteiger partial charge is 0.302 e. The third-order valence-corrected chi connectivity index (χ3v) is 6.92. The first-order chi connectivity index (χ1) is 11.8. The fourth-order valence-corrected chi connectivity index (χ4v) is 6.24. The van der Waals surface area contributed by atoms with Crippen LogP contribution in [0.25, 0.3) is 0 Å². The maximum Gasteiger partial charge on any atom is 0.00510 e. The summed E-state index contributed by atoms with van der Waals surface area (Å²) in [5.41, 5.74) is 4.29. The monoisotopic (exact) mass is 375 g/mol. The van der Waals surface area contributed by atoms with Crippen LogP contribution in [0, 0.1) is 16.7 Å². The lowest BCUT2D eigenvalue weighted by Crippen LogP contribution is -2.33. The first-order valence-corrected chi connectivity index (χ1v) is 10.6. The number of hydrogen-bond acceptors (Lipinski definition) is 1. The van der Waals surface area contributed by atoms with Gasteiger partial charge in [0.1, 0.15) is 0 Å². The van der Waals surface area contributed by atoms with Crippen molar-refractivity contribution in [3.05, 3.63) is 35.4 Å². The van der Waals surface area contributed by atoms with E-state index >= 15 is 0 Å². The van der Waals surface area contributed by atoms with Gasteiger partial charge in [0.25, 0.3) is 0 Å². The first-order valence-electron chi connectivity index (χ1n) is 10.6. The van der Waals surface area contributed by atoms with Gasteiger partial charge in [-0.2, -0.15) is 0 Å². The molecule has 1 unspecified atom stereocenters. The SMILES string of the molecule is CC1(C)CC(c2ccccc2C2CCN(CC3CC3)C2)CC(C)(C)C1.Cl. The van der Waals surface area contributed by atoms with Gasteiger partial charge in [-0.05, 0) is 84.8 Å². The van der Waals surface area contributed by atoms with Crippen LogP contribution in [0.1, 0.15) is 89.2 Å². The summed E-state index contributed by atoms with van der Waals surface area (Å²) in [6.45, 7) is 13.9. The summed E-state index contributed by atoms with van der Waals surface area (Å²) < 4.78 is 0. The Labute approximate surface area is 167 Å². The summed E-state index contributed by atoms with van der Waals surface area (Å²) in [6.07, 6.45) is 8.38. The number of benzene rings is 1. The van der Waals surface area contributed by atoms with E-state index in [2.05, 4.69) is 56.9 Å². The van der Waals surface area contributed by atoms with Gasteiger partial charge in [-0.3, -0.25) is 0 Å². The fourth-order valence-electron chi connectivity index (χ4n) is 6.24. The predicted molar refractivity (Wildman–Crippen MR) is 114 cm³/mol. The van der Waals surface area contributed by atoms with E-state index in [0.29, 0.717) is 10.8 Å². The number of halogens is 1. The molecule has 0 aromatic heterocycles. The highest BCUT2D eigenvalue weighted by molar-refractivity contribution is 5.85. The van der Waals surface area contributed by atoms with Crippen molar-refractivity contribution >= 4 is 12.4 Å². The summed E-state index contributed by atoms with van der Waals surface area (Å²) in [5.74, 6) is 2.53. The highest BCUT2D eigenvalue weighted by Gasteiger charge is 2.40. The molecule has 1 aliphatic heterocycles. The van der Waals surface area contributed by atoms with Gasteiger partial charge < -0.3 is 4.90 Å². The summed E-state index contributed by atoms with van der Waals surface area (Å²) in [6, 6.07) is 9.47. The molecule has 1 aromatic carbocycles. The van der Waals surface area contributed by atoms with Crippen molar-refractivity contribution < 1.29 is 0 Å². The Bertz CT molecular complexity index is 600. The molecule has 2 heteroatoms. The Morgan fingerprint density at radius 1 is 0.885 bits per heavy atom. The highest BCUT2D eigenvalue weighted by atomic mass is 35.5. The van der Waals surface area contributed by atoms with Crippen LogP contribution in [-0.2, 0) is 0 Å². The third-order valence-electron chi connectivity index (χ3n) is 6.92. The molecule has 4 rings (SSSR count). The standard InChI is InChI=1S/C24H37N.ClH/c1-23(2)13-20(14-24(3,4)17-23)22-8-6-5-7-21(22)19-11-12-25(16-19)15-18-9-10-18;/h5-8,18-20H,9-17H2,1-4H3;1H. The van der Waals surface area contributed by atoms with Crippen LogP contribution in [-0.4, -0.2) is 24.5 Å². The lowest BCUT2D eigenvalue weighted by atomic mass is 9.59. The average Bonchev–Trinajstić information content (AvgIpc) is 3.19. The molecule has 0 amide bonds. The van der Waals surface area contributed by atoms with Crippen molar-refractivity contribution in [1.29, 1.82) is 0 Å². The van der Waals surface area contributed by atoms with Crippen LogP contribution in [0.5, 0.6) is 0 Å². The summed E-state index contributed by atoms with van der Waals surface area (Å²) in [7, 11) is 0. The van der Waals surface area contributed by atoms with Gasteiger partial charge >= 0.3 is 0 Å². The third kappa shape index (κ3) is 4.65. The molecule has 1 nitrogen and oxygen atoms in total. The van der Waals surface area contributed by atoms with E-state index in [1.54, 1.807) is 11.1 Å². The van der Waals surface area contributed by atoms with E-state index in [0.717, 1.165) is 17.8 Å². The molecular formula is C24H38ClN. The van der Waals surface area contributed by atoms with Gasteiger partial charge in [0, 0.05) is 13.1 Å². The second-order valence-electron chi connectivity index (χ2n) is 10.9. The molecule has 2 saturated carbocycles. The van der Waals surface area contributed by atoms with Crippen molar-refractivity contribution in [2.45, 2.75) is 78.1 Å². The molecule has 3 aliphatic rings. The Morgan fingerprint density at radius 2 is 1.46 bits per heavy atom. The van der Waals surface area contributed by atoms with Crippen molar-refractivity contribution in [3.8, 4) is 0 Å². The summed E-state index contributed by atoms with van der Waals surface area (Å²) in [4.78, 5) is 2.74. The minimum atomic E-state index is 0. The number of rotatable bonds is 4. The van der Waals surface area contributed by atoms with Gasteiger partial charge in [-0.25, -0.2) is 0 Å². The van der Waals surface area contributed by atoms with E-state index in [1.165, 1.54) is 58.2 Å². The van der Waals surface area contributed by atoms with Crippen molar-refractivity contribution in [1.82, 2.24) is 4.90 Å². The Morgan fingerprint density at radius 3 is 2.04 bits per heavy atom. The van der Waals surface area contributed by atoms with Crippen molar-refractivity contribution in [3.63, 3.8) is 0 Å². The molecule has 146 valence electrons. The highest BCUT2D eigenvalue weighted by Crippen LogP contribution is 2.53. The molecule has 26 heavy (non-hydrogen) atoms. The lowest BCUT2D eigenvalue weighted by Gasteiger charge is -2.45. The quantitative estimate of drug-likeness (QED) is 0.570. The van der Waals surface area contributed by atoms with Crippen LogP contribution in [0.15, 0.2) is 24.3 Å². The predicted octanol–water partition coefficient (Wildman–Crippen LogP) is 6.63. The van der Waals surface area contributed by atoms with Gasteiger partial charge in [0.15, 0.2) is 0 Å². The second-order valence-corrected chi connectivity index (χ2v) is 10.9. The molecule has 1 aromatic rings. The maximum absolute atomic E-state index is 2.74. The topological polar surface area (TPSA) is 3.24 Å². The van der Waals surface area contributed by atoms with Gasteiger partial charge in [0.2, 0.25) is 0 Å². The van der Waals surface area contributed by atoms with E-state index in [1.807, 2.05) is 0 Å². The molecule has 0 bridgehead atoms. The van der Waals surface area contributed by atoms with Crippen molar-refractivity contribution in [2.75, 3.05) is 19.6 Å². The van der Waals surface area contributed by atoms with Crippen LogP contribution in [0.2, 0.25) is 0 Å². The Kier molecular flexibility index (Phi) is 5.81. The van der Waals surface area contributed by atoms with Gasteiger partial charge in [-0.15, -0.1) is 12.4 Å². The number of likely N-dealkylation sites (tertiary alicyclic amines) is 1. The van der Waals surface area contributed by atoms with Crippen LogP contribution < -0.4 is 0 Å². The molecule has 0 spiro atoms. The number of nitrogens with zero attached hydrogens (tertiary/aromatic N) is 1. The minimum absolute atomic E-state index is 0. The Balaban J connectivity index is 0.00000196. The van der Waals surface area contributed by atoms with Gasteiger partial charge in [0.05, 0.1) is 0 Å². The zero-order valence-electron chi connectivity index (χ0n) is 17.3. The molecule has 2 aliphatic carbocycles. The van der Waals surface area contributed by atoms with Crippen LogP contribution in [0.3, 0.4) is 0 Å². The zero-order chi connectivity index (χ0) is 17.7. The molecule has 1 saturated heterocycles. The first kappa shape index (κ1) is 20.2. The fraction of sp³-hybridized carbons (Fsp3) is 0.750. The summed E-state index contributed by atoms with van der Waals surface area (Å²) >= 11 is 0. The molecule has 0 radical (unpaired) electrons. The molecule has 3 fully saturated rings. The van der Waals surface area contributed by atoms with E-state index in [4.69, 9.17) is 0 Å². The van der Waals surface area contributed by atoms with E-state index < -0.39 is 0 Å². The van der Waals surface area contributed by atoms with Crippen molar-refractivity contribution in [2.24, 2.45) is 16.7 Å². The number of hydrogen-bond donors (Lipinski definition) is 0.